The van der Waals surface area contributed by atoms with Gasteiger partial charge >= 0.3 is 0 Å². The average molecular weight is 154 g/mol. The van der Waals surface area contributed by atoms with E-state index in [9.17, 15) is 0 Å². The molecule has 0 saturated heterocycles. The van der Waals surface area contributed by atoms with Crippen LogP contribution in [0.2, 0.25) is 0 Å². The summed E-state index contributed by atoms with van der Waals surface area (Å²) in [4.78, 5) is 0. The van der Waals surface area contributed by atoms with E-state index in [0.717, 1.165) is 12.5 Å². The highest BCUT2D eigenvalue weighted by atomic mass is 15.4. The number of hydrogen-bond donors (Lipinski definition) is 2. The Hall–Kier alpha value is -0.500. The normalized spacial score (nSPS) is 20.3. The maximum absolute atomic E-state index is 3.13. The molecule has 0 aliphatic carbocycles. The number of rotatable bonds is 3. The highest BCUT2D eigenvalue weighted by Crippen LogP contribution is 2.17. The molecule has 0 aromatic heterocycles. The van der Waals surface area contributed by atoms with E-state index >= 15 is 0 Å². The Labute approximate surface area is 69.0 Å². The molecule has 0 aromatic rings. The fraction of sp³-hybridized carbons (Fsp3) is 0.778. The quantitative estimate of drug-likeness (QED) is 0.647. The van der Waals surface area contributed by atoms with Crippen LogP contribution in [0.25, 0.3) is 0 Å². The van der Waals surface area contributed by atoms with E-state index in [0.29, 0.717) is 0 Å². The molecule has 11 heavy (non-hydrogen) atoms. The lowest BCUT2D eigenvalue weighted by Crippen LogP contribution is -2.22. The first-order valence-electron chi connectivity index (χ1n) is 4.41. The van der Waals surface area contributed by atoms with Crippen molar-refractivity contribution in [1.29, 1.82) is 0 Å². The van der Waals surface area contributed by atoms with Crippen molar-refractivity contribution in [3.63, 3.8) is 0 Å². The van der Waals surface area contributed by atoms with Gasteiger partial charge < -0.3 is 5.43 Å². The van der Waals surface area contributed by atoms with Gasteiger partial charge in [0, 0.05) is 12.2 Å². The van der Waals surface area contributed by atoms with Crippen LogP contribution in [0.5, 0.6) is 0 Å². The van der Waals surface area contributed by atoms with Gasteiger partial charge in [-0.15, -0.1) is 0 Å². The number of nitrogens with one attached hydrogen (secondary N) is 2. The highest BCUT2D eigenvalue weighted by molar-refractivity contribution is 5.16. The first-order valence-corrected chi connectivity index (χ1v) is 4.41. The van der Waals surface area contributed by atoms with Crippen molar-refractivity contribution < 1.29 is 0 Å². The topological polar surface area (TPSA) is 24.1 Å². The molecule has 2 N–H and O–H groups in total. The van der Waals surface area contributed by atoms with E-state index in [1.807, 2.05) is 0 Å². The molecular weight excluding hydrogens is 136 g/mol. The van der Waals surface area contributed by atoms with Crippen LogP contribution >= 0.6 is 0 Å². The fourth-order valence-corrected chi connectivity index (χ4v) is 1.29. The molecule has 0 bridgehead atoms. The van der Waals surface area contributed by atoms with Crippen molar-refractivity contribution in [2.75, 3.05) is 6.54 Å². The van der Waals surface area contributed by atoms with Crippen LogP contribution in [0.4, 0.5) is 0 Å². The Bertz CT molecular complexity index is 161. The van der Waals surface area contributed by atoms with Gasteiger partial charge in [0.25, 0.3) is 0 Å². The van der Waals surface area contributed by atoms with E-state index < -0.39 is 0 Å². The second-order valence-electron chi connectivity index (χ2n) is 3.42. The minimum Gasteiger partial charge on any atom is -0.326 e. The third kappa shape index (κ3) is 2.22. The van der Waals surface area contributed by atoms with E-state index in [2.05, 4.69) is 31.6 Å². The fourth-order valence-electron chi connectivity index (χ4n) is 1.29. The van der Waals surface area contributed by atoms with Crippen LogP contribution in [0.3, 0.4) is 0 Å². The molecule has 1 atom stereocenters. The highest BCUT2D eigenvalue weighted by Gasteiger charge is 2.11. The van der Waals surface area contributed by atoms with Gasteiger partial charge in [-0.3, -0.25) is 0 Å². The van der Waals surface area contributed by atoms with Crippen LogP contribution < -0.4 is 10.9 Å². The zero-order chi connectivity index (χ0) is 8.27. The lowest BCUT2D eigenvalue weighted by molar-refractivity contribution is 0.551. The zero-order valence-electron chi connectivity index (χ0n) is 7.70. The molecule has 0 spiro atoms. The van der Waals surface area contributed by atoms with E-state index in [1.54, 1.807) is 5.57 Å². The maximum Gasteiger partial charge on any atom is 0.0378 e. The second-order valence-corrected chi connectivity index (χ2v) is 3.42. The van der Waals surface area contributed by atoms with Gasteiger partial charge in [0.05, 0.1) is 0 Å². The monoisotopic (exact) mass is 154 g/mol. The van der Waals surface area contributed by atoms with E-state index in [-0.39, 0.29) is 0 Å². The lowest BCUT2D eigenvalue weighted by atomic mass is 9.98. The van der Waals surface area contributed by atoms with E-state index in [1.165, 1.54) is 18.5 Å². The maximum atomic E-state index is 3.13. The predicted molar refractivity (Wildman–Crippen MR) is 47.9 cm³/mol. The molecule has 0 saturated carbocycles. The SMILES string of the molecule is CCC(C)CC1=C(C)NNC1. The summed E-state index contributed by atoms with van der Waals surface area (Å²) in [7, 11) is 0. The Morgan fingerprint density at radius 3 is 2.73 bits per heavy atom. The van der Waals surface area contributed by atoms with E-state index in [4.69, 9.17) is 0 Å². The number of hydrazine groups is 1. The summed E-state index contributed by atoms with van der Waals surface area (Å²) < 4.78 is 0. The summed E-state index contributed by atoms with van der Waals surface area (Å²) in [5, 5.41) is 0. The smallest absolute Gasteiger partial charge is 0.0378 e. The summed E-state index contributed by atoms with van der Waals surface area (Å²) in [5.74, 6) is 0.821. The van der Waals surface area contributed by atoms with Crippen LogP contribution in [0.15, 0.2) is 11.3 Å². The third-order valence-electron chi connectivity index (χ3n) is 2.40. The molecule has 2 nitrogen and oxygen atoms in total. The van der Waals surface area contributed by atoms with Crippen molar-refractivity contribution in [2.45, 2.75) is 33.6 Å². The van der Waals surface area contributed by atoms with Gasteiger partial charge in [0.2, 0.25) is 0 Å². The summed E-state index contributed by atoms with van der Waals surface area (Å²) in [6.07, 6.45) is 2.51. The van der Waals surface area contributed by atoms with Gasteiger partial charge in [-0.1, -0.05) is 20.3 Å². The van der Waals surface area contributed by atoms with Gasteiger partial charge in [-0.2, -0.15) is 0 Å². The van der Waals surface area contributed by atoms with Gasteiger partial charge in [-0.05, 0) is 24.8 Å². The molecule has 2 heteroatoms. The van der Waals surface area contributed by atoms with Crippen LogP contribution in [-0.4, -0.2) is 6.54 Å². The molecule has 1 heterocycles. The summed E-state index contributed by atoms with van der Waals surface area (Å²) in [6.45, 7) is 7.71. The van der Waals surface area contributed by atoms with Crippen molar-refractivity contribution in [2.24, 2.45) is 5.92 Å². The molecule has 1 rings (SSSR count). The lowest BCUT2D eigenvalue weighted by Gasteiger charge is -2.08. The molecule has 1 aliphatic heterocycles. The molecular formula is C9H18N2. The summed E-state index contributed by atoms with van der Waals surface area (Å²) in [6, 6.07) is 0. The average Bonchev–Trinajstić information content (AvgIpc) is 2.37. The standard InChI is InChI=1S/C9H18N2/c1-4-7(2)5-9-6-10-11-8(9)3/h7,10-11H,4-6H2,1-3H3. The zero-order valence-corrected chi connectivity index (χ0v) is 7.70. The van der Waals surface area contributed by atoms with Crippen molar-refractivity contribution >= 4 is 0 Å². The minimum absolute atomic E-state index is 0.821. The largest absolute Gasteiger partial charge is 0.326 e. The van der Waals surface area contributed by atoms with Crippen LogP contribution in [0, 0.1) is 5.92 Å². The number of hydrogen-bond acceptors (Lipinski definition) is 2. The molecule has 64 valence electrons. The third-order valence-corrected chi connectivity index (χ3v) is 2.40. The molecule has 1 unspecified atom stereocenters. The Morgan fingerprint density at radius 2 is 2.27 bits per heavy atom. The Morgan fingerprint density at radius 1 is 1.55 bits per heavy atom. The molecule has 0 radical (unpaired) electrons. The second kappa shape index (κ2) is 3.77. The van der Waals surface area contributed by atoms with Gasteiger partial charge in [0.1, 0.15) is 0 Å². The molecule has 0 fully saturated rings. The summed E-state index contributed by atoms with van der Waals surface area (Å²) >= 11 is 0. The molecule has 0 amide bonds. The van der Waals surface area contributed by atoms with Crippen molar-refractivity contribution in [3.05, 3.63) is 11.3 Å². The van der Waals surface area contributed by atoms with Crippen molar-refractivity contribution in [1.82, 2.24) is 10.9 Å². The van der Waals surface area contributed by atoms with Gasteiger partial charge in [-0.25, -0.2) is 5.43 Å². The van der Waals surface area contributed by atoms with Crippen LogP contribution in [0.1, 0.15) is 33.6 Å². The van der Waals surface area contributed by atoms with Crippen molar-refractivity contribution in [3.8, 4) is 0 Å². The van der Waals surface area contributed by atoms with Crippen LogP contribution in [-0.2, 0) is 0 Å². The first kappa shape index (κ1) is 8.60. The molecule has 1 aliphatic rings. The van der Waals surface area contributed by atoms with Gasteiger partial charge in [0.15, 0.2) is 0 Å². The molecule has 0 aromatic carbocycles. The minimum atomic E-state index is 0.821. The summed E-state index contributed by atoms with van der Waals surface area (Å²) in [5.41, 5.74) is 9.12. The first-order chi connectivity index (χ1) is 5.24. The predicted octanol–water partition coefficient (Wildman–Crippen LogP) is 1.80. The number of allylic oxidation sites excluding steroid dienone is 1. The Balaban J connectivity index is 2.41. The Kier molecular flexibility index (Phi) is 2.94.